The molecule has 2 fully saturated rings. The number of amides is 1. The highest BCUT2D eigenvalue weighted by Gasteiger charge is 2.45. The number of fused-ring (bicyclic) bond motifs is 1. The number of nitro groups is 1. The molecule has 14 heteroatoms. The smallest absolute Gasteiger partial charge is 0.416 e. The number of aromatic nitrogens is 3. The number of aliphatic hydroxyl groups is 1. The van der Waals surface area contributed by atoms with Gasteiger partial charge in [-0.3, -0.25) is 14.4 Å². The van der Waals surface area contributed by atoms with E-state index < -0.39 is 28.7 Å². The van der Waals surface area contributed by atoms with E-state index in [0.717, 1.165) is 25.3 Å². The number of imidazole rings is 1. The first-order chi connectivity index (χ1) is 19.2. The summed E-state index contributed by atoms with van der Waals surface area (Å²) >= 11 is 0. The summed E-state index contributed by atoms with van der Waals surface area (Å²) in [4.78, 5) is 36.8. The Labute approximate surface area is 228 Å². The number of nitrogens with zero attached hydrogens (tertiary/aromatic N) is 7. The zero-order valence-corrected chi connectivity index (χ0v) is 21.8. The summed E-state index contributed by atoms with van der Waals surface area (Å²) < 4.78 is 27.8. The molecule has 3 aliphatic heterocycles. The van der Waals surface area contributed by atoms with Gasteiger partial charge in [-0.1, -0.05) is 0 Å². The lowest BCUT2D eigenvalue weighted by Gasteiger charge is -2.35. The van der Waals surface area contributed by atoms with E-state index in [0.29, 0.717) is 36.4 Å². The molecular weight excluding hydrogens is 525 g/mol. The molecule has 40 heavy (non-hydrogen) atoms. The van der Waals surface area contributed by atoms with Gasteiger partial charge in [0.25, 0.3) is 0 Å². The summed E-state index contributed by atoms with van der Waals surface area (Å²) in [6.07, 6.45) is 2.65. The number of ether oxygens (including phenoxy) is 2. The molecule has 210 valence electrons. The van der Waals surface area contributed by atoms with Crippen LogP contribution in [0, 0.1) is 15.9 Å². The highest BCUT2D eigenvalue weighted by atomic mass is 19.1. The monoisotopic (exact) mass is 553 g/mol. The fourth-order valence-corrected chi connectivity index (χ4v) is 5.46. The minimum atomic E-state index is -0.654. The number of rotatable bonds is 6. The second-order valence-electron chi connectivity index (χ2n) is 10.2. The van der Waals surface area contributed by atoms with Crippen LogP contribution in [0.25, 0.3) is 11.1 Å². The highest BCUT2D eigenvalue weighted by Crippen LogP contribution is 2.34. The van der Waals surface area contributed by atoms with Crippen LogP contribution in [0.3, 0.4) is 0 Å². The number of cyclic esters (lactones) is 1. The Morgan fingerprint density at radius 2 is 2.08 bits per heavy atom. The molecule has 1 N–H and O–H groups in total. The zero-order chi connectivity index (χ0) is 28.0. The number of benzene rings is 1. The largest absolute Gasteiger partial charge is 0.441 e. The lowest BCUT2D eigenvalue weighted by Crippen LogP contribution is -2.52. The van der Waals surface area contributed by atoms with Gasteiger partial charge in [-0.2, -0.15) is 0 Å². The van der Waals surface area contributed by atoms with Crippen LogP contribution >= 0.6 is 0 Å². The number of aliphatic hydroxyl groups excluding tert-OH is 1. The Morgan fingerprint density at radius 3 is 2.75 bits per heavy atom. The van der Waals surface area contributed by atoms with Gasteiger partial charge in [0, 0.05) is 48.5 Å². The Kier molecular flexibility index (Phi) is 6.50. The van der Waals surface area contributed by atoms with E-state index in [1.807, 2.05) is 19.1 Å². The molecule has 0 saturated carbocycles. The van der Waals surface area contributed by atoms with Crippen molar-refractivity contribution in [1.82, 2.24) is 19.4 Å². The Hall–Kier alpha value is -4.30. The maximum absolute atomic E-state index is 15.0. The third-order valence-electron chi connectivity index (χ3n) is 7.58. The number of carbonyl (C=O) groups excluding carboxylic acids is 1. The second kappa shape index (κ2) is 10.0. The summed E-state index contributed by atoms with van der Waals surface area (Å²) in [5.41, 5.74) is 0.679. The van der Waals surface area contributed by atoms with Gasteiger partial charge in [0.1, 0.15) is 23.9 Å². The predicted molar refractivity (Wildman–Crippen MR) is 141 cm³/mol. The van der Waals surface area contributed by atoms with E-state index in [2.05, 4.69) is 19.8 Å². The average Bonchev–Trinajstić information content (AvgIpc) is 3.53. The van der Waals surface area contributed by atoms with Gasteiger partial charge < -0.3 is 29.6 Å². The van der Waals surface area contributed by atoms with E-state index in [1.165, 1.54) is 17.2 Å². The first kappa shape index (κ1) is 26.0. The zero-order valence-electron chi connectivity index (χ0n) is 21.8. The molecule has 1 unspecified atom stereocenters. The number of halogens is 1. The lowest BCUT2D eigenvalue weighted by atomic mass is 10.1. The van der Waals surface area contributed by atoms with E-state index >= 15 is 4.39 Å². The summed E-state index contributed by atoms with van der Waals surface area (Å²) in [5.74, 6) is 0.0586. The van der Waals surface area contributed by atoms with Gasteiger partial charge in [0.05, 0.1) is 25.4 Å². The van der Waals surface area contributed by atoms with Gasteiger partial charge in [0.2, 0.25) is 0 Å². The molecule has 0 bridgehead atoms. The van der Waals surface area contributed by atoms with Gasteiger partial charge >= 0.3 is 17.9 Å². The van der Waals surface area contributed by atoms with Crippen LogP contribution in [0.1, 0.15) is 13.3 Å². The second-order valence-corrected chi connectivity index (χ2v) is 10.2. The fraction of sp³-hybridized carbons (Fsp3) is 0.423. The Balaban J connectivity index is 1.10. The van der Waals surface area contributed by atoms with Crippen LogP contribution in [-0.4, -0.2) is 86.7 Å². The van der Waals surface area contributed by atoms with E-state index in [-0.39, 0.29) is 25.0 Å². The number of carbonyl (C=O) groups is 1. The van der Waals surface area contributed by atoms with Gasteiger partial charge in [-0.15, -0.1) is 0 Å². The van der Waals surface area contributed by atoms with Crippen LogP contribution in [0.15, 0.2) is 42.7 Å². The molecule has 0 aliphatic carbocycles. The Morgan fingerprint density at radius 1 is 1.23 bits per heavy atom. The maximum atomic E-state index is 15.0. The van der Waals surface area contributed by atoms with Gasteiger partial charge in [-0.05, 0) is 48.6 Å². The third kappa shape index (κ3) is 4.69. The third-order valence-corrected chi connectivity index (χ3v) is 7.58. The molecule has 0 spiro atoms. The molecule has 2 saturated heterocycles. The predicted octanol–water partition coefficient (Wildman–Crippen LogP) is 2.63. The molecule has 3 aliphatic rings. The fourth-order valence-electron chi connectivity index (χ4n) is 5.46. The molecule has 5 heterocycles. The summed E-state index contributed by atoms with van der Waals surface area (Å²) in [5, 5.41) is 20.2. The molecule has 0 radical (unpaired) electrons. The number of pyridine rings is 1. The lowest BCUT2D eigenvalue weighted by molar-refractivity contribution is -0.389. The van der Waals surface area contributed by atoms with Gasteiger partial charge in [0.15, 0.2) is 5.72 Å². The van der Waals surface area contributed by atoms with Crippen molar-refractivity contribution in [2.24, 2.45) is 0 Å². The Bertz CT molecular complexity index is 1420. The van der Waals surface area contributed by atoms with Crippen molar-refractivity contribution < 1.29 is 28.7 Å². The van der Waals surface area contributed by atoms with Crippen molar-refractivity contribution in [2.45, 2.75) is 31.7 Å². The van der Waals surface area contributed by atoms with E-state index in [4.69, 9.17) is 9.47 Å². The van der Waals surface area contributed by atoms with Crippen molar-refractivity contribution in [3.8, 4) is 17.1 Å². The first-order valence-electron chi connectivity index (χ1n) is 13.0. The molecule has 2 atom stereocenters. The quantitative estimate of drug-likeness (QED) is 0.358. The average molecular weight is 554 g/mol. The highest BCUT2D eigenvalue weighted by molar-refractivity contribution is 5.90. The molecule has 1 aromatic carbocycles. The molecule has 6 rings (SSSR count). The van der Waals surface area contributed by atoms with Crippen LogP contribution in [-0.2, 0) is 11.3 Å². The van der Waals surface area contributed by atoms with E-state index in [1.54, 1.807) is 22.9 Å². The van der Waals surface area contributed by atoms with Crippen LogP contribution < -0.4 is 14.5 Å². The minimum Gasteiger partial charge on any atom is -0.441 e. The molecule has 1 amide bonds. The number of hydrogen-bond donors (Lipinski definition) is 1. The summed E-state index contributed by atoms with van der Waals surface area (Å²) in [6.45, 7) is 5.22. The van der Waals surface area contributed by atoms with E-state index in [9.17, 15) is 20.0 Å². The molecule has 13 nitrogen and oxygen atoms in total. The van der Waals surface area contributed by atoms with Crippen molar-refractivity contribution in [3.05, 3.63) is 58.7 Å². The number of anilines is 2. The normalized spacial score (nSPS) is 23.1. The van der Waals surface area contributed by atoms with Crippen LogP contribution in [0.2, 0.25) is 0 Å². The number of hydrogen-bond acceptors (Lipinski definition) is 10. The maximum Gasteiger partial charge on any atom is 0.416 e. The van der Waals surface area contributed by atoms with Crippen LogP contribution in [0.5, 0.6) is 6.01 Å². The first-order valence-corrected chi connectivity index (χ1v) is 13.0. The molecular formula is C26H28FN7O6. The standard InChI is InChI=1S/C26H28FN7O6/c1-26(16-31-14-23(34(37)38)29-24(31)40-26)32-8-2-7-30(9-10-32)22-6-3-17(12-28-22)20-5-4-18(11-21(20)27)33-13-19(15-35)39-25(33)36/h3-6,11-12,14,19,35H,2,7-10,13,15-16H2,1H3/t19-,26?/m1/s1. The minimum absolute atomic E-state index is 0.162. The van der Waals surface area contributed by atoms with Crippen molar-refractivity contribution in [3.63, 3.8) is 0 Å². The summed E-state index contributed by atoms with van der Waals surface area (Å²) in [7, 11) is 0. The topological polar surface area (TPSA) is 139 Å². The van der Waals surface area contributed by atoms with Crippen LogP contribution in [0.4, 0.5) is 26.5 Å². The van der Waals surface area contributed by atoms with Crippen molar-refractivity contribution in [2.75, 3.05) is 49.1 Å². The van der Waals surface area contributed by atoms with Crippen molar-refractivity contribution in [1.29, 1.82) is 0 Å². The SMILES string of the molecule is CC1(N2CCCN(c3ccc(-c4ccc(N5C[C@H](CO)OC5=O)cc4F)cn3)CC2)Cn2cc([N+](=O)[O-])nc2O1. The van der Waals surface area contributed by atoms with Crippen molar-refractivity contribution >= 4 is 23.4 Å². The van der Waals surface area contributed by atoms with Gasteiger partial charge in [-0.25, -0.2) is 14.2 Å². The summed E-state index contributed by atoms with van der Waals surface area (Å²) in [6, 6.07) is 8.47. The molecule has 2 aromatic heterocycles. The molecule has 3 aromatic rings.